The molecule has 2 rings (SSSR count). The Hall–Kier alpha value is -2.58. The zero-order valence-corrected chi connectivity index (χ0v) is 11.6. The summed E-state index contributed by atoms with van der Waals surface area (Å²) in [6.45, 7) is 1.74. The van der Waals surface area contributed by atoms with Crippen LogP contribution in [0.25, 0.3) is 0 Å². The number of hydrogen-bond donors (Lipinski definition) is 2. The number of benzene rings is 1. The van der Waals surface area contributed by atoms with Gasteiger partial charge in [0.05, 0.1) is 0 Å². The number of carbonyl (C=O) groups is 3. The Kier molecular flexibility index (Phi) is 3.59. The van der Waals surface area contributed by atoms with Crippen molar-refractivity contribution in [3.63, 3.8) is 0 Å². The molecule has 1 fully saturated rings. The molecule has 1 aliphatic heterocycles. The van der Waals surface area contributed by atoms with E-state index < -0.39 is 29.7 Å². The van der Waals surface area contributed by atoms with Gasteiger partial charge < -0.3 is 5.32 Å². The Morgan fingerprint density at radius 3 is 2.18 bits per heavy atom. The lowest BCUT2D eigenvalue weighted by Gasteiger charge is -2.29. The van der Waals surface area contributed by atoms with Gasteiger partial charge in [-0.1, -0.05) is 17.7 Å². The fraction of sp³-hybridized carbons (Fsp3) is 0.308. The monoisotopic (exact) mass is 315 g/mol. The number of imide groups is 1. The lowest BCUT2D eigenvalue weighted by Crippen LogP contribution is -2.69. The Balaban J connectivity index is 2.37. The van der Waals surface area contributed by atoms with Gasteiger partial charge in [0.15, 0.2) is 0 Å². The standard InChI is InChI=1S/C13H12F3N3O3/c1-7-3-5-8(6-4-7)9(20)17-12(13(14,15)16)10(21)19(2)11(22)18-12/h3-6H,1-2H3,(H,17,20)(H,18,22)/t12-/m1/s1. The summed E-state index contributed by atoms with van der Waals surface area (Å²) in [4.78, 5) is 35.4. The number of nitrogens with one attached hydrogen (secondary N) is 2. The van der Waals surface area contributed by atoms with E-state index in [-0.39, 0.29) is 10.5 Å². The Morgan fingerprint density at radius 2 is 1.77 bits per heavy atom. The Labute approximate surface area is 123 Å². The molecule has 1 atom stereocenters. The van der Waals surface area contributed by atoms with Gasteiger partial charge in [-0.3, -0.25) is 19.8 Å². The number of rotatable bonds is 2. The maximum atomic E-state index is 13.3. The Morgan fingerprint density at radius 1 is 1.23 bits per heavy atom. The van der Waals surface area contributed by atoms with Crippen molar-refractivity contribution in [3.8, 4) is 0 Å². The SMILES string of the molecule is Cc1ccc(C(=O)N[C@@]2(C(F)(F)F)NC(=O)N(C)C2=O)cc1. The van der Waals surface area contributed by atoms with Crippen LogP contribution in [0, 0.1) is 6.92 Å². The minimum Gasteiger partial charge on any atom is -0.314 e. The zero-order chi connectivity index (χ0) is 16.7. The molecular formula is C13H12F3N3O3. The van der Waals surface area contributed by atoms with E-state index in [0.29, 0.717) is 0 Å². The molecule has 9 heteroatoms. The second kappa shape index (κ2) is 5.00. The van der Waals surface area contributed by atoms with Crippen LogP contribution in [0.4, 0.5) is 18.0 Å². The average molecular weight is 315 g/mol. The van der Waals surface area contributed by atoms with Crippen molar-refractivity contribution in [2.75, 3.05) is 7.05 Å². The van der Waals surface area contributed by atoms with Crippen molar-refractivity contribution in [3.05, 3.63) is 35.4 Å². The summed E-state index contributed by atoms with van der Waals surface area (Å²) in [5.74, 6) is -2.72. The summed E-state index contributed by atoms with van der Waals surface area (Å²) < 4.78 is 39.8. The van der Waals surface area contributed by atoms with Crippen LogP contribution >= 0.6 is 0 Å². The molecule has 1 aliphatic rings. The minimum atomic E-state index is -5.19. The lowest BCUT2D eigenvalue weighted by molar-refractivity contribution is -0.199. The van der Waals surface area contributed by atoms with E-state index in [1.54, 1.807) is 12.2 Å². The maximum Gasteiger partial charge on any atom is 0.440 e. The number of carbonyl (C=O) groups excluding carboxylic acids is 3. The molecule has 1 heterocycles. The summed E-state index contributed by atoms with van der Waals surface area (Å²) in [6, 6.07) is 4.47. The van der Waals surface area contributed by atoms with Gasteiger partial charge in [0.25, 0.3) is 17.5 Å². The number of likely N-dealkylation sites (N-methyl/N-ethyl adjacent to an activating group) is 1. The van der Waals surface area contributed by atoms with Crippen LogP contribution in [0.1, 0.15) is 15.9 Å². The first-order chi connectivity index (χ1) is 10.1. The molecule has 2 N–H and O–H groups in total. The molecule has 6 nitrogen and oxygen atoms in total. The quantitative estimate of drug-likeness (QED) is 0.804. The minimum absolute atomic E-state index is 0.0640. The first-order valence-corrected chi connectivity index (χ1v) is 6.15. The van der Waals surface area contributed by atoms with Gasteiger partial charge in [-0.05, 0) is 19.1 Å². The van der Waals surface area contributed by atoms with Crippen molar-refractivity contribution < 1.29 is 27.6 Å². The molecular weight excluding hydrogens is 303 g/mol. The van der Waals surface area contributed by atoms with Crippen molar-refractivity contribution >= 4 is 17.8 Å². The number of amides is 4. The molecule has 1 aromatic carbocycles. The van der Waals surface area contributed by atoms with Crippen molar-refractivity contribution in [1.82, 2.24) is 15.5 Å². The van der Waals surface area contributed by atoms with Crippen LogP contribution < -0.4 is 10.6 Å². The third-order valence-corrected chi connectivity index (χ3v) is 3.26. The summed E-state index contributed by atoms with van der Waals surface area (Å²) in [7, 11) is 0.892. The van der Waals surface area contributed by atoms with Gasteiger partial charge in [0, 0.05) is 12.6 Å². The lowest BCUT2D eigenvalue weighted by atomic mass is 10.1. The van der Waals surface area contributed by atoms with Crippen molar-refractivity contribution in [2.24, 2.45) is 0 Å². The number of nitrogens with zero attached hydrogens (tertiary/aromatic N) is 1. The van der Waals surface area contributed by atoms with Crippen LogP contribution in [0.3, 0.4) is 0 Å². The molecule has 4 amide bonds. The van der Waals surface area contributed by atoms with Gasteiger partial charge in [-0.15, -0.1) is 0 Å². The van der Waals surface area contributed by atoms with E-state index in [2.05, 4.69) is 0 Å². The average Bonchev–Trinajstić information content (AvgIpc) is 2.64. The number of aryl methyl sites for hydroxylation is 1. The highest BCUT2D eigenvalue weighted by Crippen LogP contribution is 2.33. The number of alkyl halides is 3. The number of urea groups is 1. The van der Waals surface area contributed by atoms with E-state index in [1.807, 2.05) is 0 Å². The van der Waals surface area contributed by atoms with Crippen LogP contribution in [-0.2, 0) is 4.79 Å². The first kappa shape index (κ1) is 15.8. The molecule has 22 heavy (non-hydrogen) atoms. The maximum absolute atomic E-state index is 13.3. The van der Waals surface area contributed by atoms with Crippen molar-refractivity contribution in [1.29, 1.82) is 0 Å². The molecule has 118 valence electrons. The molecule has 0 aliphatic carbocycles. The molecule has 1 saturated heterocycles. The van der Waals surface area contributed by atoms with Gasteiger partial charge in [-0.25, -0.2) is 4.79 Å². The van der Waals surface area contributed by atoms with Gasteiger partial charge in [0.1, 0.15) is 0 Å². The number of hydrogen-bond acceptors (Lipinski definition) is 3. The molecule has 0 radical (unpaired) electrons. The summed E-state index contributed by atoms with van der Waals surface area (Å²) >= 11 is 0. The highest BCUT2D eigenvalue weighted by molar-refractivity contribution is 6.10. The summed E-state index contributed by atoms with van der Waals surface area (Å²) in [5.41, 5.74) is -2.71. The van der Waals surface area contributed by atoms with Crippen LogP contribution in [0.5, 0.6) is 0 Å². The molecule has 0 saturated carbocycles. The van der Waals surface area contributed by atoms with Gasteiger partial charge >= 0.3 is 12.2 Å². The smallest absolute Gasteiger partial charge is 0.314 e. The zero-order valence-electron chi connectivity index (χ0n) is 11.6. The highest BCUT2D eigenvalue weighted by Gasteiger charge is 2.68. The van der Waals surface area contributed by atoms with E-state index in [9.17, 15) is 27.6 Å². The topological polar surface area (TPSA) is 78.5 Å². The fourth-order valence-electron chi connectivity index (χ4n) is 1.94. The van der Waals surface area contributed by atoms with E-state index in [1.165, 1.54) is 29.6 Å². The molecule has 0 spiro atoms. The highest BCUT2D eigenvalue weighted by atomic mass is 19.4. The fourth-order valence-corrected chi connectivity index (χ4v) is 1.94. The second-order valence-electron chi connectivity index (χ2n) is 4.86. The summed E-state index contributed by atoms with van der Waals surface area (Å²) in [5, 5.41) is 3.09. The third-order valence-electron chi connectivity index (χ3n) is 3.26. The third kappa shape index (κ3) is 2.38. The van der Waals surface area contributed by atoms with Gasteiger partial charge in [0.2, 0.25) is 0 Å². The second-order valence-corrected chi connectivity index (χ2v) is 4.86. The van der Waals surface area contributed by atoms with E-state index in [4.69, 9.17) is 0 Å². The first-order valence-electron chi connectivity index (χ1n) is 6.15. The van der Waals surface area contributed by atoms with Crippen molar-refractivity contribution in [2.45, 2.75) is 18.8 Å². The van der Waals surface area contributed by atoms with Crippen LogP contribution in [-0.4, -0.2) is 41.6 Å². The van der Waals surface area contributed by atoms with Crippen LogP contribution in [0.15, 0.2) is 24.3 Å². The Bertz CT molecular complexity index is 642. The van der Waals surface area contributed by atoms with Gasteiger partial charge in [-0.2, -0.15) is 13.2 Å². The normalized spacial score (nSPS) is 21.8. The molecule has 0 aromatic heterocycles. The summed E-state index contributed by atoms with van der Waals surface area (Å²) in [6.07, 6.45) is -5.19. The molecule has 0 unspecified atom stereocenters. The van der Waals surface area contributed by atoms with E-state index in [0.717, 1.165) is 12.6 Å². The molecule has 1 aromatic rings. The molecule has 0 bridgehead atoms. The number of halogens is 3. The van der Waals surface area contributed by atoms with E-state index >= 15 is 0 Å². The predicted octanol–water partition coefficient (Wildman–Crippen LogP) is 1.17. The van der Waals surface area contributed by atoms with Crippen LogP contribution in [0.2, 0.25) is 0 Å². The largest absolute Gasteiger partial charge is 0.440 e. The predicted molar refractivity (Wildman–Crippen MR) is 68.7 cm³/mol.